The van der Waals surface area contributed by atoms with Gasteiger partial charge in [0.05, 0.1) is 13.2 Å². The Hall–Kier alpha value is -1.31. The van der Waals surface area contributed by atoms with Gasteiger partial charge in [0, 0.05) is 24.8 Å². The molecule has 1 unspecified atom stereocenters. The molecule has 1 aliphatic heterocycles. The molecule has 1 saturated heterocycles. The third-order valence-electron chi connectivity index (χ3n) is 3.16. The average molecular weight is 286 g/mol. The first-order valence-electron chi connectivity index (χ1n) is 6.07. The molecule has 1 heterocycles. The van der Waals surface area contributed by atoms with Gasteiger partial charge in [-0.3, -0.25) is 0 Å². The van der Waals surface area contributed by atoms with Gasteiger partial charge in [0.1, 0.15) is 10.6 Å². The number of ether oxygens (including phenoxy) is 1. The number of rotatable bonds is 3. The summed E-state index contributed by atoms with van der Waals surface area (Å²) in [7, 11) is -2.26. The van der Waals surface area contributed by atoms with Gasteiger partial charge in [-0.25, -0.2) is 8.42 Å². The van der Waals surface area contributed by atoms with E-state index in [1.54, 1.807) is 0 Å². The van der Waals surface area contributed by atoms with Gasteiger partial charge in [-0.2, -0.15) is 4.31 Å². The molecule has 19 heavy (non-hydrogen) atoms. The predicted molar refractivity (Wildman–Crippen MR) is 71.4 cm³/mol. The lowest BCUT2D eigenvalue weighted by molar-refractivity contribution is 0.108. The van der Waals surface area contributed by atoms with E-state index in [2.05, 4.69) is 0 Å². The van der Waals surface area contributed by atoms with E-state index in [1.807, 2.05) is 0 Å². The van der Waals surface area contributed by atoms with E-state index in [9.17, 15) is 13.5 Å². The second-order valence-corrected chi connectivity index (χ2v) is 6.48. The van der Waals surface area contributed by atoms with Crippen molar-refractivity contribution in [3.63, 3.8) is 0 Å². The van der Waals surface area contributed by atoms with Crippen molar-refractivity contribution in [2.75, 3.05) is 25.9 Å². The monoisotopic (exact) mass is 286 g/mol. The summed E-state index contributed by atoms with van der Waals surface area (Å²) in [6, 6.07) is 4.44. The molecule has 1 aromatic rings. The Morgan fingerprint density at radius 1 is 1.47 bits per heavy atom. The highest BCUT2D eigenvalue weighted by atomic mass is 32.2. The highest BCUT2D eigenvalue weighted by Crippen LogP contribution is 2.30. The fourth-order valence-corrected chi connectivity index (χ4v) is 3.83. The van der Waals surface area contributed by atoms with E-state index in [0.29, 0.717) is 25.1 Å². The first-order chi connectivity index (χ1) is 8.95. The number of β-amino-alcohol motifs (C(OH)–C–C–N with tert-alkyl or cyclic N) is 1. The molecule has 2 rings (SSSR count). The molecule has 6 nitrogen and oxygen atoms in total. The Bertz CT molecular complexity index is 559. The smallest absolute Gasteiger partial charge is 0.246 e. The van der Waals surface area contributed by atoms with Gasteiger partial charge < -0.3 is 15.6 Å². The maximum atomic E-state index is 12.5. The highest BCUT2D eigenvalue weighted by molar-refractivity contribution is 7.89. The van der Waals surface area contributed by atoms with Crippen LogP contribution in [0.1, 0.15) is 12.8 Å². The molecule has 1 aliphatic rings. The van der Waals surface area contributed by atoms with E-state index in [0.717, 1.165) is 0 Å². The number of aliphatic hydroxyl groups is 1. The number of sulfonamides is 1. The van der Waals surface area contributed by atoms with Crippen molar-refractivity contribution in [2.24, 2.45) is 0 Å². The standard InChI is InChI=1S/C12H18N2O4S/c1-18-11-7-9(13)4-5-12(11)19(16,17)14-6-2-3-10(15)8-14/h4-5,7,10,15H,2-3,6,8,13H2,1H3. The number of nitrogens with zero attached hydrogens (tertiary/aromatic N) is 1. The molecule has 106 valence electrons. The molecule has 1 aromatic carbocycles. The molecular weight excluding hydrogens is 268 g/mol. The maximum Gasteiger partial charge on any atom is 0.246 e. The minimum Gasteiger partial charge on any atom is -0.495 e. The van der Waals surface area contributed by atoms with Crippen LogP contribution in [0.5, 0.6) is 5.75 Å². The lowest BCUT2D eigenvalue weighted by atomic mass is 10.1. The zero-order chi connectivity index (χ0) is 14.0. The Balaban J connectivity index is 2.39. The molecule has 1 fully saturated rings. The number of hydrogen-bond acceptors (Lipinski definition) is 5. The van der Waals surface area contributed by atoms with Crippen molar-refractivity contribution in [2.45, 2.75) is 23.8 Å². The fourth-order valence-electron chi connectivity index (χ4n) is 2.18. The molecule has 0 spiro atoms. The van der Waals surface area contributed by atoms with E-state index in [1.165, 1.54) is 29.6 Å². The number of benzene rings is 1. The largest absolute Gasteiger partial charge is 0.495 e. The van der Waals surface area contributed by atoms with Crippen LogP contribution >= 0.6 is 0 Å². The van der Waals surface area contributed by atoms with Gasteiger partial charge in [-0.05, 0) is 25.0 Å². The second-order valence-electron chi connectivity index (χ2n) is 4.57. The summed E-state index contributed by atoms with van der Waals surface area (Å²) in [5.74, 6) is 0.222. The predicted octanol–water partition coefficient (Wildman–Crippen LogP) is 0.423. The third-order valence-corrected chi connectivity index (χ3v) is 5.07. The minimum absolute atomic E-state index is 0.0818. The van der Waals surface area contributed by atoms with Crippen LogP contribution in [0.3, 0.4) is 0 Å². The fraction of sp³-hybridized carbons (Fsp3) is 0.500. The third kappa shape index (κ3) is 2.83. The van der Waals surface area contributed by atoms with Crippen LogP contribution in [0.2, 0.25) is 0 Å². The summed E-state index contributed by atoms with van der Waals surface area (Å²) in [4.78, 5) is 0.0818. The number of nitrogen functional groups attached to an aromatic ring is 1. The van der Waals surface area contributed by atoms with Crippen molar-refractivity contribution < 1.29 is 18.3 Å². The van der Waals surface area contributed by atoms with Crippen LogP contribution in [0.25, 0.3) is 0 Å². The summed E-state index contributed by atoms with van der Waals surface area (Å²) >= 11 is 0. The van der Waals surface area contributed by atoms with Gasteiger partial charge in [-0.15, -0.1) is 0 Å². The number of piperidine rings is 1. The van der Waals surface area contributed by atoms with Crippen molar-refractivity contribution in [3.05, 3.63) is 18.2 Å². The summed E-state index contributed by atoms with van der Waals surface area (Å²) in [6.07, 6.45) is 0.672. The number of anilines is 1. The van der Waals surface area contributed by atoms with E-state index < -0.39 is 16.1 Å². The van der Waals surface area contributed by atoms with Crippen LogP contribution in [-0.4, -0.2) is 44.1 Å². The minimum atomic E-state index is -3.66. The first-order valence-corrected chi connectivity index (χ1v) is 7.51. The van der Waals surface area contributed by atoms with Gasteiger partial charge >= 0.3 is 0 Å². The summed E-state index contributed by atoms with van der Waals surface area (Å²) < 4.78 is 31.4. The van der Waals surface area contributed by atoms with Crippen molar-refractivity contribution in [1.29, 1.82) is 0 Å². The molecule has 1 atom stereocenters. The zero-order valence-electron chi connectivity index (χ0n) is 10.7. The summed E-state index contributed by atoms with van der Waals surface area (Å²) in [6.45, 7) is 0.531. The van der Waals surface area contributed by atoms with Crippen LogP contribution in [0.4, 0.5) is 5.69 Å². The van der Waals surface area contributed by atoms with Crippen molar-refractivity contribution in [1.82, 2.24) is 4.31 Å². The Labute approximate surface area is 112 Å². The van der Waals surface area contributed by atoms with Crippen LogP contribution in [0.15, 0.2) is 23.1 Å². The highest BCUT2D eigenvalue weighted by Gasteiger charge is 2.31. The van der Waals surface area contributed by atoms with Crippen LogP contribution < -0.4 is 10.5 Å². The number of aliphatic hydroxyl groups excluding tert-OH is 1. The van der Waals surface area contributed by atoms with Crippen LogP contribution in [0, 0.1) is 0 Å². The average Bonchev–Trinajstić information content (AvgIpc) is 2.38. The molecule has 0 bridgehead atoms. The lowest BCUT2D eigenvalue weighted by Gasteiger charge is -2.29. The summed E-state index contributed by atoms with van der Waals surface area (Å²) in [5, 5.41) is 9.60. The first kappa shape index (κ1) is 14.1. The van der Waals surface area contributed by atoms with Crippen molar-refractivity contribution >= 4 is 15.7 Å². The molecule has 0 saturated carbocycles. The van der Waals surface area contributed by atoms with Gasteiger partial charge in [0.25, 0.3) is 0 Å². The number of hydrogen-bond donors (Lipinski definition) is 2. The molecule has 0 amide bonds. The van der Waals surface area contributed by atoms with Crippen molar-refractivity contribution in [3.8, 4) is 5.75 Å². The van der Waals surface area contributed by atoms with Gasteiger partial charge in [-0.1, -0.05) is 0 Å². The van der Waals surface area contributed by atoms with E-state index >= 15 is 0 Å². The Morgan fingerprint density at radius 2 is 2.21 bits per heavy atom. The number of nitrogens with two attached hydrogens (primary N) is 1. The van der Waals surface area contributed by atoms with Gasteiger partial charge in [0.15, 0.2) is 0 Å². The van der Waals surface area contributed by atoms with E-state index in [-0.39, 0.29) is 17.2 Å². The van der Waals surface area contributed by atoms with Crippen LogP contribution in [-0.2, 0) is 10.0 Å². The molecule has 3 N–H and O–H groups in total. The zero-order valence-corrected chi connectivity index (χ0v) is 11.6. The number of methoxy groups -OCH3 is 1. The maximum absolute atomic E-state index is 12.5. The topological polar surface area (TPSA) is 92.9 Å². The SMILES string of the molecule is COc1cc(N)ccc1S(=O)(=O)N1CCCC(O)C1. The molecule has 0 aromatic heterocycles. The molecular formula is C12H18N2O4S. The molecule has 7 heteroatoms. The normalized spacial score (nSPS) is 21.3. The second kappa shape index (κ2) is 5.36. The molecule has 0 aliphatic carbocycles. The quantitative estimate of drug-likeness (QED) is 0.786. The van der Waals surface area contributed by atoms with Gasteiger partial charge in [0.2, 0.25) is 10.0 Å². The molecule has 0 radical (unpaired) electrons. The Morgan fingerprint density at radius 3 is 2.84 bits per heavy atom. The Kier molecular flexibility index (Phi) is 3.98. The lowest BCUT2D eigenvalue weighted by Crippen LogP contribution is -2.42. The summed E-state index contributed by atoms with van der Waals surface area (Å²) in [5.41, 5.74) is 6.06. The van der Waals surface area contributed by atoms with E-state index in [4.69, 9.17) is 10.5 Å².